The predicted octanol–water partition coefficient (Wildman–Crippen LogP) is 2.88. The van der Waals surface area contributed by atoms with Crippen LogP contribution in [0.3, 0.4) is 0 Å². The van der Waals surface area contributed by atoms with Crippen LogP contribution < -0.4 is 15.1 Å². The molecule has 8 nitrogen and oxygen atoms in total. The zero-order chi connectivity index (χ0) is 19.9. The third kappa shape index (κ3) is 3.09. The summed E-state index contributed by atoms with van der Waals surface area (Å²) in [5.74, 6) is 0.657. The van der Waals surface area contributed by atoms with Crippen LogP contribution in [0, 0.1) is 0 Å². The quantitative estimate of drug-likeness (QED) is 0.518. The van der Waals surface area contributed by atoms with Crippen LogP contribution in [0.15, 0.2) is 62.9 Å². The van der Waals surface area contributed by atoms with Crippen molar-refractivity contribution in [1.29, 1.82) is 0 Å². The van der Waals surface area contributed by atoms with E-state index in [2.05, 4.69) is 9.71 Å². The maximum Gasteiger partial charge on any atom is 0.364 e. The summed E-state index contributed by atoms with van der Waals surface area (Å²) >= 11 is 0. The summed E-state index contributed by atoms with van der Waals surface area (Å²) in [5, 5.41) is 0.490. The molecule has 2 aromatic carbocycles. The molecule has 0 aliphatic rings. The topological polar surface area (TPSA) is 103 Å². The number of nitrogens with zero attached hydrogens (tertiary/aromatic N) is 2. The van der Waals surface area contributed by atoms with Gasteiger partial charge in [0.05, 0.1) is 23.3 Å². The molecule has 0 unspecified atom stereocenters. The maximum absolute atomic E-state index is 12.8. The van der Waals surface area contributed by atoms with Gasteiger partial charge in [-0.15, -0.1) is 0 Å². The van der Waals surface area contributed by atoms with Gasteiger partial charge in [-0.3, -0.25) is 4.72 Å². The SMILES string of the molecule is CCOc1ccc(NS(=O)(=O)c2ccc3oc(=O)c4ncn(C)c4c3c2)cc1. The molecule has 28 heavy (non-hydrogen) atoms. The molecule has 0 fully saturated rings. The molecule has 0 atom stereocenters. The molecule has 1 N–H and O–H groups in total. The van der Waals surface area contributed by atoms with Crippen molar-refractivity contribution in [3.8, 4) is 5.75 Å². The molecular formula is C19H17N3O5S. The van der Waals surface area contributed by atoms with Gasteiger partial charge in [-0.1, -0.05) is 0 Å². The number of nitrogens with one attached hydrogen (secondary N) is 1. The summed E-state index contributed by atoms with van der Waals surface area (Å²) < 4.78 is 40.5. The van der Waals surface area contributed by atoms with Crippen molar-refractivity contribution in [2.45, 2.75) is 11.8 Å². The second-order valence-corrected chi connectivity index (χ2v) is 7.85. The van der Waals surface area contributed by atoms with E-state index in [1.165, 1.54) is 24.5 Å². The first kappa shape index (κ1) is 18.1. The van der Waals surface area contributed by atoms with Crippen molar-refractivity contribution in [2.75, 3.05) is 11.3 Å². The highest BCUT2D eigenvalue weighted by molar-refractivity contribution is 7.92. The molecule has 0 saturated carbocycles. The van der Waals surface area contributed by atoms with Crippen LogP contribution in [0.5, 0.6) is 5.75 Å². The number of fused-ring (bicyclic) bond motifs is 3. The Morgan fingerprint density at radius 1 is 1.18 bits per heavy atom. The lowest BCUT2D eigenvalue weighted by Crippen LogP contribution is -2.13. The van der Waals surface area contributed by atoms with E-state index in [0.29, 0.717) is 34.5 Å². The normalized spacial score (nSPS) is 11.8. The fraction of sp³-hybridized carbons (Fsp3) is 0.158. The zero-order valence-electron chi connectivity index (χ0n) is 15.2. The Labute approximate surface area is 160 Å². The van der Waals surface area contributed by atoms with Gasteiger partial charge < -0.3 is 13.7 Å². The van der Waals surface area contributed by atoms with Crippen molar-refractivity contribution in [3.05, 3.63) is 59.2 Å². The summed E-state index contributed by atoms with van der Waals surface area (Å²) in [7, 11) is -2.12. The Kier molecular flexibility index (Phi) is 4.31. The van der Waals surface area contributed by atoms with E-state index in [0.717, 1.165) is 0 Å². The van der Waals surface area contributed by atoms with Crippen LogP contribution in [0.4, 0.5) is 5.69 Å². The van der Waals surface area contributed by atoms with Gasteiger partial charge in [-0.2, -0.15) is 0 Å². The molecule has 0 aliphatic carbocycles. The second kappa shape index (κ2) is 6.68. The average molecular weight is 399 g/mol. The molecule has 2 aromatic heterocycles. The molecule has 0 bridgehead atoms. The summed E-state index contributed by atoms with van der Waals surface area (Å²) in [5.41, 5.74) is 0.814. The van der Waals surface area contributed by atoms with E-state index >= 15 is 0 Å². The second-order valence-electron chi connectivity index (χ2n) is 6.16. The molecule has 2 heterocycles. The Hall–Kier alpha value is -3.33. The number of rotatable bonds is 5. The van der Waals surface area contributed by atoms with Crippen molar-refractivity contribution >= 4 is 37.7 Å². The summed E-state index contributed by atoms with van der Waals surface area (Å²) in [6.07, 6.45) is 1.49. The van der Waals surface area contributed by atoms with Crippen molar-refractivity contribution in [2.24, 2.45) is 7.05 Å². The molecule has 0 aliphatic heterocycles. The van der Waals surface area contributed by atoms with Crippen LogP contribution >= 0.6 is 0 Å². The van der Waals surface area contributed by atoms with Gasteiger partial charge >= 0.3 is 5.63 Å². The standard InChI is InChI=1S/C19H17N3O5S/c1-3-26-13-6-4-12(5-7-13)21-28(24,25)14-8-9-16-15(10-14)18-17(19(23)27-16)20-11-22(18)2/h4-11,21H,3H2,1-2H3. The number of aromatic nitrogens is 2. The van der Waals surface area contributed by atoms with E-state index in [1.54, 1.807) is 35.9 Å². The predicted molar refractivity (Wildman–Crippen MR) is 105 cm³/mol. The number of aryl methyl sites for hydroxylation is 1. The van der Waals surface area contributed by atoms with Gasteiger partial charge in [-0.05, 0) is 49.4 Å². The number of ether oxygens (including phenoxy) is 1. The van der Waals surface area contributed by atoms with Crippen molar-refractivity contribution < 1.29 is 17.6 Å². The third-order valence-corrected chi connectivity index (χ3v) is 5.65. The number of hydrogen-bond donors (Lipinski definition) is 1. The molecule has 0 radical (unpaired) electrons. The van der Waals surface area contributed by atoms with Gasteiger partial charge in [0.15, 0.2) is 5.52 Å². The zero-order valence-corrected chi connectivity index (χ0v) is 16.0. The smallest absolute Gasteiger partial charge is 0.364 e. The molecular weight excluding hydrogens is 382 g/mol. The number of anilines is 1. The van der Waals surface area contributed by atoms with Gasteiger partial charge in [0, 0.05) is 18.1 Å². The minimum Gasteiger partial charge on any atom is -0.494 e. The number of imidazole rings is 1. The molecule has 0 saturated heterocycles. The van der Waals surface area contributed by atoms with Crippen LogP contribution in [0.25, 0.3) is 22.0 Å². The van der Waals surface area contributed by atoms with Crippen LogP contribution in [-0.4, -0.2) is 24.6 Å². The lowest BCUT2D eigenvalue weighted by Gasteiger charge is -2.10. The van der Waals surface area contributed by atoms with Gasteiger partial charge in [0.2, 0.25) is 0 Å². The molecule has 0 spiro atoms. The molecule has 144 valence electrons. The van der Waals surface area contributed by atoms with Crippen LogP contribution in [-0.2, 0) is 17.1 Å². The first-order valence-corrected chi connectivity index (χ1v) is 10.0. The summed E-state index contributed by atoms with van der Waals surface area (Å²) in [4.78, 5) is 16.1. The lowest BCUT2D eigenvalue weighted by molar-refractivity contribution is 0.340. The first-order chi connectivity index (χ1) is 13.4. The average Bonchev–Trinajstić information content (AvgIpc) is 3.06. The van der Waals surface area contributed by atoms with Gasteiger partial charge in [0.1, 0.15) is 11.3 Å². The highest BCUT2D eigenvalue weighted by Crippen LogP contribution is 2.26. The van der Waals surface area contributed by atoms with Gasteiger partial charge in [-0.25, -0.2) is 18.2 Å². The number of hydrogen-bond acceptors (Lipinski definition) is 6. The third-order valence-electron chi connectivity index (χ3n) is 4.27. The summed E-state index contributed by atoms with van der Waals surface area (Å²) in [6, 6.07) is 11.0. The Morgan fingerprint density at radius 2 is 1.93 bits per heavy atom. The fourth-order valence-electron chi connectivity index (χ4n) is 3.00. The molecule has 4 aromatic rings. The molecule has 9 heteroatoms. The van der Waals surface area contributed by atoms with Crippen LogP contribution in [0.1, 0.15) is 6.92 Å². The first-order valence-electron chi connectivity index (χ1n) is 8.52. The highest BCUT2D eigenvalue weighted by atomic mass is 32.2. The fourth-order valence-corrected chi connectivity index (χ4v) is 4.08. The van der Waals surface area contributed by atoms with E-state index in [-0.39, 0.29) is 10.4 Å². The van der Waals surface area contributed by atoms with E-state index < -0.39 is 15.6 Å². The Bertz CT molecular complexity index is 1340. The summed E-state index contributed by atoms with van der Waals surface area (Å²) in [6.45, 7) is 2.40. The Morgan fingerprint density at radius 3 is 2.64 bits per heavy atom. The van der Waals surface area contributed by atoms with Gasteiger partial charge in [0.25, 0.3) is 10.0 Å². The largest absolute Gasteiger partial charge is 0.494 e. The maximum atomic E-state index is 12.8. The Balaban J connectivity index is 1.77. The lowest BCUT2D eigenvalue weighted by atomic mass is 10.2. The van der Waals surface area contributed by atoms with E-state index in [9.17, 15) is 13.2 Å². The van der Waals surface area contributed by atoms with Crippen molar-refractivity contribution in [3.63, 3.8) is 0 Å². The molecule has 4 rings (SSSR count). The number of sulfonamides is 1. The van der Waals surface area contributed by atoms with E-state index in [4.69, 9.17) is 9.15 Å². The van der Waals surface area contributed by atoms with Crippen LogP contribution in [0.2, 0.25) is 0 Å². The van der Waals surface area contributed by atoms with E-state index in [1.807, 2.05) is 6.92 Å². The molecule has 0 amide bonds. The number of benzene rings is 2. The van der Waals surface area contributed by atoms with Crippen molar-refractivity contribution in [1.82, 2.24) is 9.55 Å². The monoisotopic (exact) mass is 399 g/mol. The highest BCUT2D eigenvalue weighted by Gasteiger charge is 2.18. The minimum atomic E-state index is -3.84. The minimum absolute atomic E-state index is 0.0465.